The van der Waals surface area contributed by atoms with Crippen LogP contribution in [0.15, 0.2) is 48.5 Å². The molecule has 0 aliphatic carbocycles. The largest absolute Gasteiger partial charge is 0.0651 e. The standard InChI is InChI=1S/C22H30/c1-3-7-19-11-15-21(16-12-19)9-5-6-10-22-17-13-20(8-4-2)14-18-22/h11-18H,3-10H2,1-2H3. The monoisotopic (exact) mass is 294 g/mol. The molecule has 22 heavy (non-hydrogen) atoms. The Bertz CT molecular complexity index is 467. The highest BCUT2D eigenvalue weighted by Crippen LogP contribution is 2.13. The summed E-state index contributed by atoms with van der Waals surface area (Å²) in [5, 5.41) is 0. The van der Waals surface area contributed by atoms with Gasteiger partial charge in [-0.1, -0.05) is 75.2 Å². The lowest BCUT2D eigenvalue weighted by molar-refractivity contribution is 0.733. The lowest BCUT2D eigenvalue weighted by atomic mass is 10.0. The Hall–Kier alpha value is -1.56. The van der Waals surface area contributed by atoms with Crippen LogP contribution in [0.4, 0.5) is 0 Å². The van der Waals surface area contributed by atoms with E-state index in [0.29, 0.717) is 0 Å². The molecule has 0 aliphatic heterocycles. The van der Waals surface area contributed by atoms with Crippen molar-refractivity contribution in [2.45, 2.75) is 65.2 Å². The van der Waals surface area contributed by atoms with Crippen molar-refractivity contribution in [3.05, 3.63) is 70.8 Å². The molecule has 0 aliphatic rings. The molecule has 0 aromatic heterocycles. The molecule has 2 rings (SSSR count). The maximum atomic E-state index is 2.31. The molecule has 0 spiro atoms. The third kappa shape index (κ3) is 5.67. The van der Waals surface area contributed by atoms with Crippen LogP contribution in [0.5, 0.6) is 0 Å². The molecule has 118 valence electrons. The average Bonchev–Trinajstić information content (AvgIpc) is 2.55. The number of rotatable bonds is 9. The molecule has 0 amide bonds. The Morgan fingerprint density at radius 1 is 0.455 bits per heavy atom. The quantitative estimate of drug-likeness (QED) is 0.486. The molecule has 2 aromatic rings. The van der Waals surface area contributed by atoms with Crippen LogP contribution in [0.3, 0.4) is 0 Å². The first-order chi connectivity index (χ1) is 10.8. The van der Waals surface area contributed by atoms with Gasteiger partial charge in [0.2, 0.25) is 0 Å². The van der Waals surface area contributed by atoms with Crippen molar-refractivity contribution < 1.29 is 0 Å². The normalized spacial score (nSPS) is 10.8. The number of hydrogen-bond acceptors (Lipinski definition) is 0. The minimum Gasteiger partial charge on any atom is -0.0651 e. The Morgan fingerprint density at radius 3 is 1.00 bits per heavy atom. The summed E-state index contributed by atoms with van der Waals surface area (Å²) in [6.07, 6.45) is 9.85. The summed E-state index contributed by atoms with van der Waals surface area (Å²) >= 11 is 0. The number of benzene rings is 2. The smallest absolute Gasteiger partial charge is 0.0279 e. The van der Waals surface area contributed by atoms with Gasteiger partial charge in [0, 0.05) is 0 Å². The minimum absolute atomic E-state index is 1.20. The van der Waals surface area contributed by atoms with Crippen LogP contribution in [-0.4, -0.2) is 0 Å². The van der Waals surface area contributed by atoms with Gasteiger partial charge in [-0.3, -0.25) is 0 Å². The highest BCUT2D eigenvalue weighted by Gasteiger charge is 1.98. The molecule has 0 nitrogen and oxygen atoms in total. The van der Waals surface area contributed by atoms with Gasteiger partial charge in [0.15, 0.2) is 0 Å². The van der Waals surface area contributed by atoms with E-state index in [9.17, 15) is 0 Å². The third-order valence-electron chi connectivity index (χ3n) is 4.30. The van der Waals surface area contributed by atoms with Crippen LogP contribution >= 0.6 is 0 Å². The van der Waals surface area contributed by atoms with E-state index in [1.165, 1.54) is 73.6 Å². The highest BCUT2D eigenvalue weighted by atomic mass is 14.0. The fourth-order valence-electron chi connectivity index (χ4n) is 2.98. The van der Waals surface area contributed by atoms with Gasteiger partial charge in [0.05, 0.1) is 0 Å². The van der Waals surface area contributed by atoms with E-state index in [-0.39, 0.29) is 0 Å². The molecule has 0 unspecified atom stereocenters. The van der Waals surface area contributed by atoms with Crippen LogP contribution in [-0.2, 0) is 25.7 Å². The zero-order chi connectivity index (χ0) is 15.6. The molecule has 0 saturated carbocycles. The first kappa shape index (κ1) is 16.8. The SMILES string of the molecule is CCCc1ccc(CCCCc2ccc(CCC)cc2)cc1. The van der Waals surface area contributed by atoms with Gasteiger partial charge in [-0.05, 0) is 60.8 Å². The molecule has 0 heteroatoms. The van der Waals surface area contributed by atoms with Crippen LogP contribution in [0.2, 0.25) is 0 Å². The summed E-state index contributed by atoms with van der Waals surface area (Å²) in [5.41, 5.74) is 5.91. The Labute approximate surface area is 136 Å². The zero-order valence-corrected chi connectivity index (χ0v) is 14.3. The lowest BCUT2D eigenvalue weighted by Crippen LogP contribution is -1.91. The highest BCUT2D eigenvalue weighted by molar-refractivity contribution is 5.24. The molecule has 0 radical (unpaired) electrons. The Morgan fingerprint density at radius 2 is 0.727 bits per heavy atom. The van der Waals surface area contributed by atoms with Gasteiger partial charge < -0.3 is 0 Å². The van der Waals surface area contributed by atoms with Crippen LogP contribution in [0.1, 0.15) is 61.8 Å². The first-order valence-corrected chi connectivity index (χ1v) is 8.97. The van der Waals surface area contributed by atoms with Crippen LogP contribution in [0, 0.1) is 0 Å². The fraction of sp³-hybridized carbons (Fsp3) is 0.455. The summed E-state index contributed by atoms with van der Waals surface area (Å²) in [6.45, 7) is 4.48. The molecule has 0 heterocycles. The second kappa shape index (κ2) is 9.46. The van der Waals surface area contributed by atoms with Crippen molar-refractivity contribution in [2.75, 3.05) is 0 Å². The molecule has 0 saturated heterocycles. The van der Waals surface area contributed by atoms with E-state index >= 15 is 0 Å². The van der Waals surface area contributed by atoms with Crippen molar-refractivity contribution in [3.63, 3.8) is 0 Å². The molecule has 0 fully saturated rings. The topological polar surface area (TPSA) is 0 Å². The van der Waals surface area contributed by atoms with E-state index < -0.39 is 0 Å². The average molecular weight is 294 g/mol. The second-order valence-electron chi connectivity index (χ2n) is 6.34. The van der Waals surface area contributed by atoms with Gasteiger partial charge in [-0.25, -0.2) is 0 Å². The summed E-state index contributed by atoms with van der Waals surface area (Å²) in [7, 11) is 0. The Balaban J connectivity index is 1.70. The van der Waals surface area contributed by atoms with Crippen molar-refractivity contribution in [1.82, 2.24) is 0 Å². The van der Waals surface area contributed by atoms with Gasteiger partial charge in [-0.15, -0.1) is 0 Å². The summed E-state index contributed by atoms with van der Waals surface area (Å²) in [6, 6.07) is 18.4. The predicted octanol–water partition coefficient (Wildman–Crippen LogP) is 6.16. The number of unbranched alkanes of at least 4 members (excludes halogenated alkanes) is 1. The molecular formula is C22H30. The predicted molar refractivity (Wildman–Crippen MR) is 97.5 cm³/mol. The van der Waals surface area contributed by atoms with E-state index in [1.807, 2.05) is 0 Å². The zero-order valence-electron chi connectivity index (χ0n) is 14.3. The second-order valence-corrected chi connectivity index (χ2v) is 6.34. The summed E-state index contributed by atoms with van der Waals surface area (Å²) in [5.74, 6) is 0. The van der Waals surface area contributed by atoms with Crippen molar-refractivity contribution in [2.24, 2.45) is 0 Å². The molecule has 2 aromatic carbocycles. The molecule has 0 bridgehead atoms. The summed E-state index contributed by atoms with van der Waals surface area (Å²) in [4.78, 5) is 0. The van der Waals surface area contributed by atoms with Crippen LogP contribution < -0.4 is 0 Å². The maximum absolute atomic E-state index is 2.31. The summed E-state index contributed by atoms with van der Waals surface area (Å²) < 4.78 is 0. The van der Waals surface area contributed by atoms with Gasteiger partial charge >= 0.3 is 0 Å². The molecule has 0 N–H and O–H groups in total. The van der Waals surface area contributed by atoms with Crippen LogP contribution in [0.25, 0.3) is 0 Å². The van der Waals surface area contributed by atoms with E-state index in [2.05, 4.69) is 62.4 Å². The fourth-order valence-corrected chi connectivity index (χ4v) is 2.98. The molecular weight excluding hydrogens is 264 g/mol. The maximum Gasteiger partial charge on any atom is -0.0279 e. The van der Waals surface area contributed by atoms with E-state index in [0.717, 1.165) is 0 Å². The van der Waals surface area contributed by atoms with Crippen molar-refractivity contribution >= 4 is 0 Å². The number of hydrogen-bond donors (Lipinski definition) is 0. The van der Waals surface area contributed by atoms with Gasteiger partial charge in [-0.2, -0.15) is 0 Å². The van der Waals surface area contributed by atoms with Gasteiger partial charge in [0.1, 0.15) is 0 Å². The van der Waals surface area contributed by atoms with Gasteiger partial charge in [0.25, 0.3) is 0 Å². The third-order valence-corrected chi connectivity index (χ3v) is 4.30. The number of aryl methyl sites for hydroxylation is 4. The lowest BCUT2D eigenvalue weighted by Gasteiger charge is -2.05. The van der Waals surface area contributed by atoms with E-state index in [4.69, 9.17) is 0 Å². The Kier molecular flexibility index (Phi) is 7.22. The minimum atomic E-state index is 1.20. The first-order valence-electron chi connectivity index (χ1n) is 8.97. The van der Waals surface area contributed by atoms with E-state index in [1.54, 1.807) is 0 Å². The van der Waals surface area contributed by atoms with Crippen molar-refractivity contribution in [1.29, 1.82) is 0 Å². The molecule has 0 atom stereocenters. The van der Waals surface area contributed by atoms with Crippen molar-refractivity contribution in [3.8, 4) is 0 Å².